The van der Waals surface area contributed by atoms with Crippen LogP contribution >= 0.6 is 0 Å². The van der Waals surface area contributed by atoms with Crippen molar-refractivity contribution >= 4 is 5.91 Å². The molecule has 0 saturated carbocycles. The highest BCUT2D eigenvalue weighted by Gasteiger charge is 2.25. The van der Waals surface area contributed by atoms with E-state index in [1.165, 1.54) is 6.07 Å². The first-order chi connectivity index (χ1) is 12.0. The van der Waals surface area contributed by atoms with E-state index in [1.54, 1.807) is 11.8 Å². The quantitative estimate of drug-likeness (QED) is 0.848. The van der Waals surface area contributed by atoms with Crippen LogP contribution in [0.3, 0.4) is 0 Å². The van der Waals surface area contributed by atoms with E-state index in [2.05, 4.69) is 5.10 Å². The molecule has 8 heteroatoms. The van der Waals surface area contributed by atoms with Crippen LogP contribution in [0.25, 0.3) is 5.69 Å². The summed E-state index contributed by atoms with van der Waals surface area (Å²) in [4.78, 5) is 26.4. The number of hydrogen-bond acceptors (Lipinski definition) is 4. The summed E-state index contributed by atoms with van der Waals surface area (Å²) in [5.41, 5.74) is -0.688. The molecule has 0 atom stereocenters. The Morgan fingerprint density at radius 1 is 1.20 bits per heavy atom. The molecule has 0 aliphatic carbocycles. The van der Waals surface area contributed by atoms with Gasteiger partial charge in [0.25, 0.3) is 5.91 Å². The van der Waals surface area contributed by atoms with Crippen molar-refractivity contribution in [3.63, 3.8) is 0 Å². The van der Waals surface area contributed by atoms with Gasteiger partial charge in [-0.25, -0.2) is 13.5 Å². The molecule has 1 aromatic heterocycles. The molecular weight excluding hydrogens is 332 g/mol. The molecule has 3 rings (SSSR count). The Balaban J connectivity index is 2.11. The van der Waals surface area contributed by atoms with Crippen LogP contribution in [0.1, 0.15) is 30.3 Å². The molecule has 0 spiro atoms. The van der Waals surface area contributed by atoms with Gasteiger partial charge in [0, 0.05) is 19.2 Å². The van der Waals surface area contributed by atoms with Crippen molar-refractivity contribution in [1.29, 1.82) is 0 Å². The molecule has 2 heterocycles. The third-order valence-electron chi connectivity index (χ3n) is 3.93. The van der Waals surface area contributed by atoms with E-state index >= 15 is 0 Å². The number of amides is 1. The molecule has 0 bridgehead atoms. The van der Waals surface area contributed by atoms with E-state index in [-0.39, 0.29) is 23.9 Å². The van der Waals surface area contributed by atoms with Gasteiger partial charge in [-0.15, -0.1) is 0 Å². The number of ether oxygens (including phenoxy) is 1. The summed E-state index contributed by atoms with van der Waals surface area (Å²) in [6.07, 6.45) is 1.75. The first-order valence-electron chi connectivity index (χ1n) is 8.03. The molecule has 2 aromatic rings. The predicted octanol–water partition coefficient (Wildman–Crippen LogP) is 2.15. The fraction of sp³-hybridized carbons (Fsp3) is 0.353. The van der Waals surface area contributed by atoms with Crippen molar-refractivity contribution in [2.24, 2.45) is 0 Å². The Morgan fingerprint density at radius 2 is 1.92 bits per heavy atom. The monoisotopic (exact) mass is 349 g/mol. The van der Waals surface area contributed by atoms with Crippen LogP contribution in [-0.2, 0) is 0 Å². The van der Waals surface area contributed by atoms with Gasteiger partial charge in [0.15, 0.2) is 17.3 Å². The molecule has 1 saturated heterocycles. The first kappa shape index (κ1) is 17.1. The van der Waals surface area contributed by atoms with Crippen LogP contribution in [0.2, 0.25) is 0 Å². The zero-order valence-electron chi connectivity index (χ0n) is 13.7. The maximum Gasteiger partial charge on any atom is 0.278 e. The van der Waals surface area contributed by atoms with Gasteiger partial charge >= 0.3 is 0 Å². The minimum Gasteiger partial charge on any atom is -0.478 e. The van der Waals surface area contributed by atoms with Gasteiger partial charge in [0.2, 0.25) is 11.3 Å². The number of carbonyl (C=O) groups is 1. The van der Waals surface area contributed by atoms with Crippen molar-refractivity contribution < 1.29 is 18.3 Å². The molecule has 132 valence electrons. The second kappa shape index (κ2) is 7.00. The third-order valence-corrected chi connectivity index (χ3v) is 3.93. The van der Waals surface area contributed by atoms with Crippen molar-refractivity contribution in [2.45, 2.75) is 19.8 Å². The lowest BCUT2D eigenvalue weighted by molar-refractivity contribution is 0.0783. The Labute approximate surface area is 142 Å². The fourth-order valence-corrected chi connectivity index (χ4v) is 2.71. The van der Waals surface area contributed by atoms with E-state index in [0.717, 1.165) is 35.7 Å². The lowest BCUT2D eigenvalue weighted by Gasteiger charge is -2.17. The Morgan fingerprint density at radius 3 is 2.56 bits per heavy atom. The molecule has 1 fully saturated rings. The maximum absolute atomic E-state index is 13.6. The summed E-state index contributed by atoms with van der Waals surface area (Å²) in [5.74, 6) is -2.48. The van der Waals surface area contributed by atoms with Crippen LogP contribution in [0.5, 0.6) is 5.88 Å². The zero-order chi connectivity index (χ0) is 18.0. The molecule has 0 radical (unpaired) electrons. The second-order valence-corrected chi connectivity index (χ2v) is 5.64. The van der Waals surface area contributed by atoms with Crippen molar-refractivity contribution in [1.82, 2.24) is 14.7 Å². The first-order valence-corrected chi connectivity index (χ1v) is 8.03. The summed E-state index contributed by atoms with van der Waals surface area (Å²) in [6, 6.07) is 4.31. The molecule has 1 amide bonds. The van der Waals surface area contributed by atoms with E-state index in [4.69, 9.17) is 4.74 Å². The van der Waals surface area contributed by atoms with Gasteiger partial charge < -0.3 is 9.64 Å². The number of benzene rings is 1. The van der Waals surface area contributed by atoms with Crippen LogP contribution < -0.4 is 10.2 Å². The molecule has 1 aromatic carbocycles. The van der Waals surface area contributed by atoms with Crippen LogP contribution in [0.4, 0.5) is 8.78 Å². The van der Waals surface area contributed by atoms with Crippen molar-refractivity contribution in [3.8, 4) is 11.6 Å². The van der Waals surface area contributed by atoms with Gasteiger partial charge in [-0.2, -0.15) is 5.10 Å². The predicted molar refractivity (Wildman–Crippen MR) is 86.1 cm³/mol. The number of aromatic nitrogens is 2. The topological polar surface area (TPSA) is 64.4 Å². The molecule has 0 unspecified atom stereocenters. The standard InChI is InChI=1S/C17H17F2N3O3/c1-2-25-15-10-14(23)16(17(24)21-7-3-4-8-21)20-22(15)11-5-6-12(18)13(19)9-11/h5-6,9-10H,2-4,7-8H2,1H3. The number of nitrogens with zero attached hydrogens (tertiary/aromatic N) is 3. The average Bonchev–Trinajstić information content (AvgIpc) is 3.12. The summed E-state index contributed by atoms with van der Waals surface area (Å²) in [6.45, 7) is 3.09. The van der Waals surface area contributed by atoms with Crippen LogP contribution in [0.15, 0.2) is 29.1 Å². The summed E-state index contributed by atoms with van der Waals surface area (Å²) >= 11 is 0. The van der Waals surface area contributed by atoms with E-state index < -0.39 is 23.0 Å². The molecule has 1 aliphatic heterocycles. The summed E-state index contributed by atoms with van der Waals surface area (Å²) < 4.78 is 33.3. The maximum atomic E-state index is 13.6. The number of likely N-dealkylation sites (tertiary alicyclic amines) is 1. The Kier molecular flexibility index (Phi) is 4.78. The Hall–Kier alpha value is -2.77. The normalized spacial score (nSPS) is 14.0. The molecule has 0 N–H and O–H groups in total. The third kappa shape index (κ3) is 3.38. The van der Waals surface area contributed by atoms with E-state index in [9.17, 15) is 18.4 Å². The van der Waals surface area contributed by atoms with E-state index in [0.29, 0.717) is 13.1 Å². The van der Waals surface area contributed by atoms with Gasteiger partial charge in [-0.1, -0.05) is 0 Å². The Bertz CT molecular complexity index is 861. The largest absolute Gasteiger partial charge is 0.478 e. The number of rotatable bonds is 4. The lowest BCUT2D eigenvalue weighted by Crippen LogP contribution is -2.34. The fourth-order valence-electron chi connectivity index (χ4n) is 2.71. The van der Waals surface area contributed by atoms with Gasteiger partial charge in [-0.3, -0.25) is 9.59 Å². The minimum absolute atomic E-state index is 0.0523. The highest BCUT2D eigenvalue weighted by Crippen LogP contribution is 2.19. The van der Waals surface area contributed by atoms with Gasteiger partial charge in [-0.05, 0) is 31.9 Å². The SMILES string of the molecule is CCOc1cc(=O)c(C(=O)N2CCCC2)nn1-c1ccc(F)c(F)c1. The molecular formula is C17H17F2N3O3. The van der Waals surface area contributed by atoms with Crippen LogP contribution in [-0.4, -0.2) is 40.3 Å². The summed E-state index contributed by atoms with van der Waals surface area (Å²) in [5, 5.41) is 4.08. The van der Waals surface area contributed by atoms with E-state index in [1.807, 2.05) is 0 Å². The minimum atomic E-state index is -1.06. The van der Waals surface area contributed by atoms with Gasteiger partial charge in [0.1, 0.15) is 0 Å². The zero-order valence-corrected chi connectivity index (χ0v) is 13.7. The average molecular weight is 349 g/mol. The number of carbonyl (C=O) groups excluding carboxylic acids is 1. The lowest BCUT2D eigenvalue weighted by atomic mass is 10.3. The van der Waals surface area contributed by atoms with Gasteiger partial charge in [0.05, 0.1) is 18.4 Å². The molecule has 1 aliphatic rings. The summed E-state index contributed by atoms with van der Waals surface area (Å²) in [7, 11) is 0. The smallest absolute Gasteiger partial charge is 0.278 e. The molecule has 6 nitrogen and oxygen atoms in total. The van der Waals surface area contributed by atoms with Crippen molar-refractivity contribution in [2.75, 3.05) is 19.7 Å². The van der Waals surface area contributed by atoms with Crippen LogP contribution in [0, 0.1) is 11.6 Å². The molecule has 25 heavy (non-hydrogen) atoms. The highest BCUT2D eigenvalue weighted by atomic mass is 19.2. The number of hydrogen-bond donors (Lipinski definition) is 0. The highest BCUT2D eigenvalue weighted by molar-refractivity contribution is 5.92. The number of halogens is 2. The second-order valence-electron chi connectivity index (χ2n) is 5.64. The van der Waals surface area contributed by atoms with Crippen molar-refractivity contribution in [3.05, 3.63) is 51.8 Å².